The first-order valence-corrected chi connectivity index (χ1v) is 30.0. The van der Waals surface area contributed by atoms with Crippen molar-refractivity contribution in [1.29, 1.82) is 0 Å². The number of aryl methyl sites for hydroxylation is 2. The predicted molar refractivity (Wildman–Crippen MR) is 300 cm³/mol. The lowest BCUT2D eigenvalue weighted by Gasteiger charge is -2.32. The van der Waals surface area contributed by atoms with Crippen molar-refractivity contribution in [2.24, 2.45) is 0 Å². The van der Waals surface area contributed by atoms with Crippen molar-refractivity contribution in [2.45, 2.75) is 92.7 Å². The van der Waals surface area contributed by atoms with E-state index in [1.54, 1.807) is 0 Å². The first kappa shape index (κ1) is 49.1. The third-order valence-corrected chi connectivity index (χ3v) is 16.0. The highest BCUT2D eigenvalue weighted by atomic mass is 127. The molecule has 70 heavy (non-hydrogen) atoms. The number of rotatable bonds is 8. The third kappa shape index (κ3) is 11.2. The summed E-state index contributed by atoms with van der Waals surface area (Å²) < 4.78 is 28.5. The smallest absolute Gasteiger partial charge is 0.355 e. The molecule has 0 fully saturated rings. The van der Waals surface area contributed by atoms with E-state index < -0.39 is 26.9 Å². The Morgan fingerprint density at radius 2 is 1.14 bits per heavy atom. The van der Waals surface area contributed by atoms with E-state index in [1.807, 2.05) is 65.8 Å². The van der Waals surface area contributed by atoms with E-state index in [0.717, 1.165) is 84.0 Å². The van der Waals surface area contributed by atoms with Gasteiger partial charge in [0.05, 0.1) is 16.5 Å². The van der Waals surface area contributed by atoms with Crippen LogP contribution in [0, 0.1) is 28.9 Å². The fraction of sp³-hybridized carbons (Fsp3) is 0.233. The molecule has 10 heteroatoms. The van der Waals surface area contributed by atoms with E-state index in [2.05, 4.69) is 203 Å². The Morgan fingerprint density at radius 1 is 0.600 bits per heavy atom. The molecule has 0 atom stereocenters. The number of hydrogen-bond donors (Lipinski definition) is 4. The molecule has 8 aromatic rings. The Balaban J connectivity index is 1.31. The molecule has 356 valence electrons. The molecule has 0 spiro atoms. The number of halogens is 1. The number of benzene rings is 4. The summed E-state index contributed by atoms with van der Waals surface area (Å²) in [6, 6.07) is 47.2. The predicted octanol–water partition coefficient (Wildman–Crippen LogP) is 11.4. The maximum Gasteiger partial charge on any atom is 0.362 e. The van der Waals surface area contributed by atoms with Gasteiger partial charge in [0, 0.05) is 70.0 Å². The molecule has 0 amide bonds. The van der Waals surface area contributed by atoms with Crippen LogP contribution in [-0.4, -0.2) is 39.2 Å². The van der Waals surface area contributed by atoms with Gasteiger partial charge in [0.2, 0.25) is 0 Å². The molecule has 0 radical (unpaired) electrons. The van der Waals surface area contributed by atoms with Crippen LogP contribution in [0.1, 0.15) is 109 Å². The third-order valence-electron chi connectivity index (χ3n) is 11.9. The van der Waals surface area contributed by atoms with Gasteiger partial charge in [0.1, 0.15) is 8.07 Å². The summed E-state index contributed by atoms with van der Waals surface area (Å²) in [5, 5.41) is 4.33. The van der Waals surface area contributed by atoms with Gasteiger partial charge in [0.25, 0.3) is 0 Å². The zero-order chi connectivity index (χ0) is 49.8. The molecule has 0 aliphatic carbocycles. The van der Waals surface area contributed by atoms with Gasteiger partial charge in [-0.15, -0.1) is 5.54 Å². The number of fused-ring (bicyclic) bond motifs is 8. The Kier molecular flexibility index (Phi) is 13.4. The van der Waals surface area contributed by atoms with Crippen molar-refractivity contribution >= 4 is 66.4 Å². The maximum atomic E-state index is 14.8. The van der Waals surface area contributed by atoms with Gasteiger partial charge < -0.3 is 19.9 Å². The highest BCUT2D eigenvalue weighted by Crippen LogP contribution is 2.53. The minimum absolute atomic E-state index is 0.496. The molecule has 1 aliphatic rings. The number of hydrogen-bond acceptors (Lipinski definition) is 3. The topological polar surface area (TPSA) is 98.7 Å². The lowest BCUT2D eigenvalue weighted by Crippen LogP contribution is -2.28. The lowest BCUT2D eigenvalue weighted by atomic mass is 9.88. The Hall–Kier alpha value is -5.86. The molecule has 4 aromatic carbocycles. The number of aromatic nitrogens is 4. The Labute approximate surface area is 427 Å². The molecule has 4 aromatic heterocycles. The molecule has 9 rings (SSSR count). The Morgan fingerprint density at radius 3 is 1.74 bits per heavy atom. The van der Waals surface area contributed by atoms with Crippen LogP contribution >= 0.6 is 30.2 Å². The van der Waals surface area contributed by atoms with Crippen molar-refractivity contribution in [2.75, 3.05) is 0 Å². The molecule has 5 heterocycles. The molecule has 4 N–H and O–H groups in total. The Bertz CT molecular complexity index is 3610. The van der Waals surface area contributed by atoms with Crippen molar-refractivity contribution < 1.29 is 13.6 Å². The first-order valence-electron chi connectivity index (χ1n) is 23.9. The van der Waals surface area contributed by atoms with Gasteiger partial charge in [0.15, 0.2) is 0 Å². The molecule has 0 saturated carbocycles. The normalized spacial score (nSPS) is 13.3. The first-order chi connectivity index (χ1) is 33.1. The summed E-state index contributed by atoms with van der Waals surface area (Å²) in [4.78, 5) is 15.5. The molecular formula is C60H62IN4O3PSi. The summed E-state index contributed by atoms with van der Waals surface area (Å²) in [6.45, 7) is 22.6. The monoisotopic (exact) mass is 1070 g/mol. The molecule has 0 saturated heterocycles. The molecule has 8 bridgehead atoms. The molecule has 0 unspecified atom stereocenters. The summed E-state index contributed by atoms with van der Waals surface area (Å²) in [5.41, 5.74) is 18.1. The molecular weight excluding hydrogens is 1010 g/mol. The lowest BCUT2D eigenvalue weighted by molar-refractivity contribution is 0.0548. The van der Waals surface area contributed by atoms with Crippen molar-refractivity contribution in [3.63, 3.8) is 0 Å². The zero-order valence-corrected chi connectivity index (χ0v) is 46.1. The standard InChI is InChI=1S/C60H62IN4O3PSi/c1-38-34-39(2)55(44(35-38)36-41-14-20-45(61)21-15-41)58-53-27-23-47(63-53)37-46-22-26-49(62-46)56(42-16-12-40(13-17-42)32-33-70(9,10)11)50-28-29-51(64-50)57(52-30-31-54(58)65-52)43-18-24-48(25-19-43)69(66,67-59(3,4)5)68-60(6,7)8/h12-31,34-35,37,62-65H,36H2,1-11H3. The summed E-state index contributed by atoms with van der Waals surface area (Å²) in [7, 11) is -5.31. The largest absolute Gasteiger partial charge is 0.362 e. The average Bonchev–Trinajstić information content (AvgIpc) is 4.12. The van der Waals surface area contributed by atoms with E-state index in [4.69, 9.17) is 9.05 Å². The quantitative estimate of drug-likeness (QED) is 0.0528. The van der Waals surface area contributed by atoms with E-state index in [9.17, 15) is 4.57 Å². The second kappa shape index (κ2) is 19.0. The van der Waals surface area contributed by atoms with Crippen LogP contribution in [0.25, 0.3) is 22.8 Å². The van der Waals surface area contributed by atoms with Crippen LogP contribution in [0.3, 0.4) is 0 Å². The number of aromatic amines is 4. The van der Waals surface area contributed by atoms with E-state index >= 15 is 0 Å². The molecule has 1 aliphatic heterocycles. The minimum atomic E-state index is -3.76. The van der Waals surface area contributed by atoms with Crippen molar-refractivity contribution in [1.82, 2.24) is 19.9 Å². The van der Waals surface area contributed by atoms with Gasteiger partial charge in [-0.05, 0) is 209 Å². The second-order valence-electron chi connectivity index (χ2n) is 21.4. The minimum Gasteiger partial charge on any atom is -0.355 e. The van der Waals surface area contributed by atoms with Crippen LogP contribution in [0.15, 0.2) is 133 Å². The van der Waals surface area contributed by atoms with Gasteiger partial charge in [-0.1, -0.05) is 79.7 Å². The second-order valence-corrected chi connectivity index (χ2v) is 29.3. The van der Waals surface area contributed by atoms with Crippen LogP contribution in [0.5, 0.6) is 0 Å². The number of H-pyrrole nitrogens is 4. The highest BCUT2D eigenvalue weighted by molar-refractivity contribution is 14.1. The van der Waals surface area contributed by atoms with Crippen molar-refractivity contribution in [3.05, 3.63) is 226 Å². The summed E-state index contributed by atoms with van der Waals surface area (Å²) >= 11 is 2.37. The highest BCUT2D eigenvalue weighted by Gasteiger charge is 2.37. The van der Waals surface area contributed by atoms with E-state index in [1.165, 1.54) is 31.4 Å². The van der Waals surface area contributed by atoms with E-state index in [0.29, 0.717) is 5.30 Å². The molecule has 7 nitrogen and oxygen atoms in total. The van der Waals surface area contributed by atoms with Gasteiger partial charge in [-0.25, -0.2) is 0 Å². The van der Waals surface area contributed by atoms with Crippen LogP contribution < -0.4 is 26.7 Å². The van der Waals surface area contributed by atoms with Crippen LogP contribution in [-0.2, 0) is 20.0 Å². The van der Waals surface area contributed by atoms with Crippen LogP contribution in [0.2, 0.25) is 19.6 Å². The summed E-state index contributed by atoms with van der Waals surface area (Å²) in [5.74, 6) is 3.43. The average molecular weight is 1070 g/mol. The maximum absolute atomic E-state index is 14.8. The van der Waals surface area contributed by atoms with Gasteiger partial charge in [-0.2, -0.15) is 0 Å². The number of nitrogens with one attached hydrogen (secondary N) is 4. The van der Waals surface area contributed by atoms with Crippen molar-refractivity contribution in [3.8, 4) is 11.5 Å². The van der Waals surface area contributed by atoms with E-state index in [-0.39, 0.29) is 0 Å². The fourth-order valence-electron chi connectivity index (χ4n) is 9.16. The zero-order valence-electron chi connectivity index (χ0n) is 42.0. The van der Waals surface area contributed by atoms with Crippen LogP contribution in [0.4, 0.5) is 0 Å². The SMILES string of the molecule is Cc1cc(C)c(C2=c3ccc([nH]3)=Cc3ccc([nH]3)C(c3ccc(C#C[Si](C)(C)C)cc3)=c3ccc([nH]3)=C(c3ccc(P(=O)(OC(C)(C)C)OC(C)(C)C)cc3)c3ccc2[nH]3)c(Cc2ccc(I)cc2)c1. The van der Waals surface area contributed by atoms with Gasteiger partial charge in [-0.3, -0.25) is 13.6 Å². The fourth-order valence-corrected chi connectivity index (χ4v) is 12.2. The summed E-state index contributed by atoms with van der Waals surface area (Å²) in [6.07, 6.45) is 2.95. The van der Waals surface area contributed by atoms with Gasteiger partial charge >= 0.3 is 7.60 Å².